The van der Waals surface area contributed by atoms with E-state index in [4.69, 9.17) is 5.14 Å². The van der Waals surface area contributed by atoms with E-state index in [1.807, 2.05) is 38.1 Å². The Labute approximate surface area is 158 Å². The van der Waals surface area contributed by atoms with Gasteiger partial charge in [-0.05, 0) is 56.2 Å². The van der Waals surface area contributed by atoms with Gasteiger partial charge in [-0.3, -0.25) is 10.2 Å². The summed E-state index contributed by atoms with van der Waals surface area (Å²) in [6.07, 6.45) is 2.75. The normalized spacial score (nSPS) is 15.6. The van der Waals surface area contributed by atoms with Crippen molar-refractivity contribution in [2.24, 2.45) is 10.2 Å². The van der Waals surface area contributed by atoms with Gasteiger partial charge in [-0.15, -0.1) is 0 Å². The van der Waals surface area contributed by atoms with Crippen LogP contribution in [0.15, 0.2) is 64.1 Å². The van der Waals surface area contributed by atoms with Crippen LogP contribution in [0.1, 0.15) is 25.0 Å². The molecule has 0 radical (unpaired) electrons. The first-order valence-corrected chi connectivity index (χ1v) is 9.86. The molecule has 7 nitrogen and oxygen atoms in total. The molecule has 0 saturated heterocycles. The van der Waals surface area contributed by atoms with E-state index in [9.17, 15) is 13.2 Å². The number of amides is 1. The van der Waals surface area contributed by atoms with Crippen molar-refractivity contribution < 1.29 is 13.2 Å². The van der Waals surface area contributed by atoms with Crippen molar-refractivity contribution in [3.8, 4) is 0 Å². The molecule has 0 fully saturated rings. The Morgan fingerprint density at radius 3 is 2.56 bits per heavy atom. The minimum absolute atomic E-state index is 0.00812. The van der Waals surface area contributed by atoms with Gasteiger partial charge in [0, 0.05) is 5.56 Å². The van der Waals surface area contributed by atoms with E-state index >= 15 is 0 Å². The van der Waals surface area contributed by atoms with Crippen LogP contribution in [0.4, 0.5) is 11.4 Å². The smallest absolute Gasteiger partial charge is 0.276 e. The van der Waals surface area contributed by atoms with Crippen LogP contribution in [0.25, 0.3) is 0 Å². The summed E-state index contributed by atoms with van der Waals surface area (Å²) in [5.41, 5.74) is 7.34. The highest BCUT2D eigenvalue weighted by Gasteiger charge is 2.28. The van der Waals surface area contributed by atoms with Crippen LogP contribution in [-0.4, -0.2) is 20.0 Å². The van der Waals surface area contributed by atoms with Crippen LogP contribution >= 0.6 is 0 Å². The Bertz CT molecular complexity index is 1050. The van der Waals surface area contributed by atoms with Crippen LogP contribution in [0, 0.1) is 0 Å². The molecule has 4 N–H and O–H groups in total. The molecular formula is C19H20N4O3S. The zero-order valence-corrected chi connectivity index (χ0v) is 15.8. The molecule has 0 bridgehead atoms. The third-order valence-electron chi connectivity index (χ3n) is 4.29. The second kappa shape index (κ2) is 7.34. The summed E-state index contributed by atoms with van der Waals surface area (Å²) in [6, 6.07) is 11.5. The Balaban J connectivity index is 1.91. The van der Waals surface area contributed by atoms with Crippen molar-refractivity contribution in [1.82, 2.24) is 0 Å². The first-order chi connectivity index (χ1) is 12.8. The van der Waals surface area contributed by atoms with Crippen LogP contribution in [-0.2, 0) is 21.2 Å². The maximum Gasteiger partial charge on any atom is 0.276 e. The Hall–Kier alpha value is -2.97. The van der Waals surface area contributed by atoms with E-state index in [0.717, 1.165) is 23.2 Å². The number of nitrogens with zero attached hydrogens (tertiary/aromatic N) is 1. The summed E-state index contributed by atoms with van der Waals surface area (Å²) < 4.78 is 22.6. The number of carbonyl (C=O) groups is 1. The molecule has 1 aliphatic rings. The predicted molar refractivity (Wildman–Crippen MR) is 106 cm³/mol. The number of benzene rings is 2. The average Bonchev–Trinajstić information content (AvgIpc) is 2.95. The molecule has 1 aliphatic heterocycles. The van der Waals surface area contributed by atoms with Gasteiger partial charge in [-0.2, -0.15) is 5.10 Å². The van der Waals surface area contributed by atoms with E-state index < -0.39 is 10.0 Å². The number of anilines is 2. The average molecular weight is 384 g/mol. The predicted octanol–water partition coefficient (Wildman–Crippen LogP) is 2.61. The second-order valence-electron chi connectivity index (χ2n) is 6.25. The number of primary sulfonamides is 1. The topological polar surface area (TPSA) is 114 Å². The molecule has 0 aromatic heterocycles. The van der Waals surface area contributed by atoms with E-state index in [2.05, 4.69) is 15.8 Å². The summed E-state index contributed by atoms with van der Waals surface area (Å²) >= 11 is 0. The standard InChI is InChI=1S/C19H20N4O3S/c1-3-12(2)11-13-5-4-6-16-17(13)18(19(24)21-16)23-22-14-7-9-15(10-8-14)27(20,25)26/h3-10,22H,11H2,1-2H3,(H2,20,25,26)(H,21,23,24)/b12-3+. The number of nitrogens with two attached hydrogens (primary N) is 1. The highest BCUT2D eigenvalue weighted by atomic mass is 32.2. The molecule has 27 heavy (non-hydrogen) atoms. The first kappa shape index (κ1) is 18.8. The highest BCUT2D eigenvalue weighted by molar-refractivity contribution is 7.89. The number of rotatable bonds is 5. The zero-order valence-electron chi connectivity index (χ0n) is 15.0. The summed E-state index contributed by atoms with van der Waals surface area (Å²) in [6.45, 7) is 4.01. The molecule has 0 unspecified atom stereocenters. The van der Waals surface area contributed by atoms with E-state index in [1.165, 1.54) is 29.8 Å². The highest BCUT2D eigenvalue weighted by Crippen LogP contribution is 2.28. The number of fused-ring (bicyclic) bond motifs is 1. The van der Waals surface area contributed by atoms with Gasteiger partial charge in [0.05, 0.1) is 16.3 Å². The SMILES string of the molecule is C/C=C(\C)Cc1cccc2c1/C(=N/Nc1ccc(S(N)(=O)=O)cc1)C(=O)N2. The van der Waals surface area contributed by atoms with Gasteiger partial charge < -0.3 is 5.32 Å². The zero-order chi connectivity index (χ0) is 19.6. The molecular weight excluding hydrogens is 364 g/mol. The largest absolute Gasteiger partial charge is 0.320 e. The lowest BCUT2D eigenvalue weighted by molar-refractivity contribution is -0.110. The summed E-state index contributed by atoms with van der Waals surface area (Å²) in [5.74, 6) is -0.288. The molecule has 1 amide bonds. The molecule has 8 heteroatoms. The Morgan fingerprint density at radius 1 is 1.22 bits per heavy atom. The molecule has 0 spiro atoms. The van der Waals surface area contributed by atoms with Gasteiger partial charge in [-0.25, -0.2) is 13.6 Å². The number of allylic oxidation sites excluding steroid dienone is 2. The number of nitrogens with one attached hydrogen (secondary N) is 2. The molecule has 0 saturated carbocycles. The number of hydrogen-bond acceptors (Lipinski definition) is 5. The molecule has 140 valence electrons. The maximum absolute atomic E-state index is 12.4. The summed E-state index contributed by atoms with van der Waals surface area (Å²) in [7, 11) is -3.75. The van der Waals surface area contributed by atoms with Crippen molar-refractivity contribution in [2.45, 2.75) is 25.2 Å². The summed E-state index contributed by atoms with van der Waals surface area (Å²) in [4.78, 5) is 12.4. The fourth-order valence-electron chi connectivity index (χ4n) is 2.78. The molecule has 2 aromatic rings. The van der Waals surface area contributed by atoms with Crippen LogP contribution in [0.5, 0.6) is 0 Å². The molecule has 1 heterocycles. The molecule has 0 atom stereocenters. The maximum atomic E-state index is 12.4. The number of hydrazone groups is 1. The van der Waals surface area contributed by atoms with Crippen molar-refractivity contribution >= 4 is 33.0 Å². The van der Waals surface area contributed by atoms with Crippen LogP contribution in [0.3, 0.4) is 0 Å². The van der Waals surface area contributed by atoms with Crippen molar-refractivity contribution in [2.75, 3.05) is 10.7 Å². The second-order valence-corrected chi connectivity index (χ2v) is 7.81. The molecule has 2 aromatic carbocycles. The number of hydrogen-bond donors (Lipinski definition) is 3. The lowest BCUT2D eigenvalue weighted by atomic mass is 9.97. The minimum Gasteiger partial charge on any atom is -0.320 e. The lowest BCUT2D eigenvalue weighted by Crippen LogP contribution is -2.17. The van der Waals surface area contributed by atoms with E-state index in [0.29, 0.717) is 11.4 Å². The molecule has 3 rings (SSSR count). The van der Waals surface area contributed by atoms with Gasteiger partial charge in [0.25, 0.3) is 5.91 Å². The van der Waals surface area contributed by atoms with Crippen LogP contribution < -0.4 is 15.9 Å². The monoisotopic (exact) mass is 384 g/mol. The number of sulfonamides is 1. The Morgan fingerprint density at radius 2 is 1.93 bits per heavy atom. The van der Waals surface area contributed by atoms with Crippen molar-refractivity contribution in [1.29, 1.82) is 0 Å². The quantitative estimate of drug-likeness (QED) is 0.543. The van der Waals surface area contributed by atoms with Gasteiger partial charge in [0.1, 0.15) is 0 Å². The Kier molecular flexibility index (Phi) is 5.11. The third-order valence-corrected chi connectivity index (χ3v) is 5.22. The van der Waals surface area contributed by atoms with Crippen molar-refractivity contribution in [3.05, 3.63) is 65.2 Å². The molecule has 0 aliphatic carbocycles. The van der Waals surface area contributed by atoms with Gasteiger partial charge in [0.2, 0.25) is 10.0 Å². The van der Waals surface area contributed by atoms with Gasteiger partial charge >= 0.3 is 0 Å². The van der Waals surface area contributed by atoms with Gasteiger partial charge in [0.15, 0.2) is 5.71 Å². The minimum atomic E-state index is -3.75. The van der Waals surface area contributed by atoms with Crippen molar-refractivity contribution in [3.63, 3.8) is 0 Å². The third kappa shape index (κ3) is 4.07. The van der Waals surface area contributed by atoms with E-state index in [-0.39, 0.29) is 10.8 Å². The lowest BCUT2D eigenvalue weighted by Gasteiger charge is -2.08. The summed E-state index contributed by atoms with van der Waals surface area (Å²) in [5, 5.41) is 12.2. The fraction of sp³-hybridized carbons (Fsp3) is 0.158. The van der Waals surface area contributed by atoms with E-state index in [1.54, 1.807) is 0 Å². The first-order valence-electron chi connectivity index (χ1n) is 8.31. The number of carbonyl (C=O) groups excluding carboxylic acids is 1. The van der Waals surface area contributed by atoms with Crippen LogP contribution in [0.2, 0.25) is 0 Å². The fourth-order valence-corrected chi connectivity index (χ4v) is 3.29. The van der Waals surface area contributed by atoms with Gasteiger partial charge in [-0.1, -0.05) is 23.8 Å².